The largest absolute Gasteiger partial charge is 0.497 e. The van der Waals surface area contributed by atoms with E-state index in [-0.39, 0.29) is 5.91 Å². The van der Waals surface area contributed by atoms with Crippen LogP contribution in [0.3, 0.4) is 0 Å². The molecule has 0 unspecified atom stereocenters. The molecule has 8 nitrogen and oxygen atoms in total. The summed E-state index contributed by atoms with van der Waals surface area (Å²) in [4.78, 5) is 22.1. The molecule has 194 valence electrons. The number of nitrogens with one attached hydrogen (secondary N) is 1. The monoisotopic (exact) mass is 501 g/mol. The molecule has 0 aliphatic heterocycles. The molecule has 2 heterocycles. The van der Waals surface area contributed by atoms with E-state index in [2.05, 4.69) is 22.3 Å². The van der Waals surface area contributed by atoms with Crippen molar-refractivity contribution in [2.24, 2.45) is 0 Å². The summed E-state index contributed by atoms with van der Waals surface area (Å²) in [6.07, 6.45) is 1.86. The molecular formula is C29H35N5O3. The maximum atomic E-state index is 13.0. The van der Waals surface area contributed by atoms with E-state index in [1.807, 2.05) is 85.0 Å². The number of aromatic nitrogens is 2. The molecule has 0 saturated heterocycles. The van der Waals surface area contributed by atoms with Gasteiger partial charge in [-0.2, -0.15) is 0 Å². The zero-order valence-corrected chi connectivity index (χ0v) is 22.2. The summed E-state index contributed by atoms with van der Waals surface area (Å²) in [6.45, 7) is 4.36. The highest BCUT2D eigenvalue weighted by molar-refractivity contribution is 5.94. The van der Waals surface area contributed by atoms with Crippen LogP contribution in [-0.2, 0) is 17.8 Å². The van der Waals surface area contributed by atoms with Crippen molar-refractivity contribution in [2.45, 2.75) is 20.0 Å². The van der Waals surface area contributed by atoms with Gasteiger partial charge in [0.1, 0.15) is 17.2 Å². The maximum Gasteiger partial charge on any atom is 0.253 e. The minimum atomic E-state index is -0.130. The lowest BCUT2D eigenvalue weighted by Crippen LogP contribution is -2.29. The lowest BCUT2D eigenvalue weighted by Gasteiger charge is -2.25. The summed E-state index contributed by atoms with van der Waals surface area (Å²) < 4.78 is 12.7. The fourth-order valence-electron chi connectivity index (χ4n) is 4.27. The molecule has 4 aromatic rings. The Bertz CT molecular complexity index is 1330. The molecule has 1 amide bonds. The number of benzene rings is 2. The second-order valence-electron chi connectivity index (χ2n) is 9.17. The van der Waals surface area contributed by atoms with Gasteiger partial charge in [0.2, 0.25) is 0 Å². The Morgan fingerprint density at radius 3 is 2.32 bits per heavy atom. The summed E-state index contributed by atoms with van der Waals surface area (Å²) in [5, 5.41) is 3.04. The van der Waals surface area contributed by atoms with E-state index < -0.39 is 0 Å². The Labute approximate surface area is 218 Å². The highest BCUT2D eigenvalue weighted by atomic mass is 16.5. The molecule has 1 N–H and O–H groups in total. The fraction of sp³-hybridized carbons (Fsp3) is 0.310. The van der Waals surface area contributed by atoms with Crippen LogP contribution in [0.15, 0.2) is 66.9 Å². The first-order chi connectivity index (χ1) is 17.9. The number of ether oxygens (including phenoxy) is 2. The molecule has 0 spiro atoms. The molecule has 0 atom stereocenters. The van der Waals surface area contributed by atoms with Crippen molar-refractivity contribution >= 4 is 23.1 Å². The Kier molecular flexibility index (Phi) is 8.30. The van der Waals surface area contributed by atoms with E-state index in [0.29, 0.717) is 31.8 Å². The average molecular weight is 502 g/mol. The summed E-state index contributed by atoms with van der Waals surface area (Å²) in [5.74, 6) is 1.63. The van der Waals surface area contributed by atoms with Gasteiger partial charge in [0, 0.05) is 52.7 Å². The quantitative estimate of drug-likeness (QED) is 0.330. The van der Waals surface area contributed by atoms with Crippen LogP contribution in [0.5, 0.6) is 5.75 Å². The lowest BCUT2D eigenvalue weighted by molar-refractivity contribution is 0.0950. The Morgan fingerprint density at radius 2 is 1.68 bits per heavy atom. The molecule has 0 bridgehead atoms. The lowest BCUT2D eigenvalue weighted by atomic mass is 10.2. The van der Waals surface area contributed by atoms with Crippen molar-refractivity contribution < 1.29 is 14.3 Å². The van der Waals surface area contributed by atoms with Crippen molar-refractivity contribution in [1.29, 1.82) is 0 Å². The van der Waals surface area contributed by atoms with Gasteiger partial charge in [-0.15, -0.1) is 0 Å². The minimum absolute atomic E-state index is 0.130. The number of anilines is 2. The molecule has 0 aliphatic carbocycles. The van der Waals surface area contributed by atoms with E-state index in [9.17, 15) is 4.79 Å². The number of fused-ring (bicyclic) bond motifs is 1. The fourth-order valence-corrected chi connectivity index (χ4v) is 4.27. The smallest absolute Gasteiger partial charge is 0.253 e. The number of carbonyl (C=O) groups excluding carboxylic acids is 1. The topological polar surface area (TPSA) is 71.3 Å². The van der Waals surface area contributed by atoms with Crippen LogP contribution < -0.4 is 19.9 Å². The van der Waals surface area contributed by atoms with Crippen molar-refractivity contribution in [1.82, 2.24) is 14.7 Å². The summed E-state index contributed by atoms with van der Waals surface area (Å²) in [5.41, 5.74) is 5.57. The third-order valence-electron chi connectivity index (χ3n) is 6.33. The second-order valence-corrected chi connectivity index (χ2v) is 9.17. The number of hydrogen-bond donors (Lipinski definition) is 1. The van der Waals surface area contributed by atoms with Crippen LogP contribution >= 0.6 is 0 Å². The Hall–Kier alpha value is -4.04. The molecule has 2 aromatic carbocycles. The number of carbonyl (C=O) groups is 1. The van der Waals surface area contributed by atoms with Crippen LogP contribution in [-0.4, -0.2) is 56.8 Å². The predicted octanol–water partition coefficient (Wildman–Crippen LogP) is 4.30. The number of methoxy groups -OCH3 is 2. The summed E-state index contributed by atoms with van der Waals surface area (Å²) >= 11 is 0. The van der Waals surface area contributed by atoms with Gasteiger partial charge in [-0.1, -0.05) is 24.3 Å². The van der Waals surface area contributed by atoms with Gasteiger partial charge < -0.3 is 24.6 Å². The molecule has 8 heteroatoms. The first-order valence-corrected chi connectivity index (χ1v) is 12.3. The van der Waals surface area contributed by atoms with Crippen molar-refractivity contribution in [3.05, 3.63) is 89.2 Å². The van der Waals surface area contributed by atoms with Gasteiger partial charge in [-0.25, -0.2) is 4.98 Å². The number of nitrogens with zero attached hydrogens (tertiary/aromatic N) is 4. The van der Waals surface area contributed by atoms with Crippen LogP contribution in [0.4, 0.5) is 11.5 Å². The van der Waals surface area contributed by atoms with Gasteiger partial charge >= 0.3 is 0 Å². The predicted molar refractivity (Wildman–Crippen MR) is 148 cm³/mol. The van der Waals surface area contributed by atoms with E-state index in [0.717, 1.165) is 39.7 Å². The third kappa shape index (κ3) is 6.21. The van der Waals surface area contributed by atoms with Gasteiger partial charge in [-0.3, -0.25) is 9.20 Å². The zero-order chi connectivity index (χ0) is 26.4. The van der Waals surface area contributed by atoms with E-state index >= 15 is 0 Å². The van der Waals surface area contributed by atoms with Crippen LogP contribution in [0.1, 0.15) is 27.2 Å². The normalized spacial score (nSPS) is 10.9. The Morgan fingerprint density at radius 1 is 0.973 bits per heavy atom. The van der Waals surface area contributed by atoms with Gasteiger partial charge in [0.05, 0.1) is 25.0 Å². The van der Waals surface area contributed by atoms with Crippen LogP contribution in [0.2, 0.25) is 0 Å². The van der Waals surface area contributed by atoms with Crippen molar-refractivity contribution in [2.75, 3.05) is 51.3 Å². The SMILES string of the molecule is COCCN(Cc1ccc(OC)cc1)c1c(C)nc2ccc(C(=O)NCc3ccc(N(C)C)cc3)cn12. The van der Waals surface area contributed by atoms with E-state index in [1.165, 1.54) is 0 Å². The van der Waals surface area contributed by atoms with Crippen LogP contribution in [0, 0.1) is 6.92 Å². The molecule has 2 aromatic heterocycles. The van der Waals surface area contributed by atoms with Gasteiger partial charge in [0.15, 0.2) is 0 Å². The minimum Gasteiger partial charge on any atom is -0.497 e. The highest BCUT2D eigenvalue weighted by Crippen LogP contribution is 2.25. The van der Waals surface area contributed by atoms with Crippen molar-refractivity contribution in [3.8, 4) is 5.75 Å². The van der Waals surface area contributed by atoms with Gasteiger partial charge in [-0.05, 0) is 54.4 Å². The number of rotatable bonds is 11. The Balaban J connectivity index is 1.57. The average Bonchev–Trinajstić information content (AvgIpc) is 3.25. The highest BCUT2D eigenvalue weighted by Gasteiger charge is 2.18. The van der Waals surface area contributed by atoms with E-state index in [4.69, 9.17) is 14.5 Å². The number of amides is 1. The second kappa shape index (κ2) is 11.8. The number of aryl methyl sites for hydroxylation is 1. The molecule has 0 fully saturated rings. The van der Waals surface area contributed by atoms with Crippen molar-refractivity contribution in [3.63, 3.8) is 0 Å². The third-order valence-corrected chi connectivity index (χ3v) is 6.33. The standard InChI is InChI=1S/C29H35N5O3/c1-21-29(33(16-17-36-4)19-23-8-13-26(37-5)14-9-23)34-20-24(10-15-27(34)31-21)28(35)30-18-22-6-11-25(12-7-22)32(2)3/h6-15,20H,16-19H2,1-5H3,(H,30,35). The molecule has 4 rings (SSSR count). The molecular weight excluding hydrogens is 466 g/mol. The number of pyridine rings is 1. The zero-order valence-electron chi connectivity index (χ0n) is 22.2. The number of hydrogen-bond acceptors (Lipinski definition) is 6. The van der Waals surface area contributed by atoms with Gasteiger partial charge in [0.25, 0.3) is 5.91 Å². The maximum absolute atomic E-state index is 13.0. The molecule has 37 heavy (non-hydrogen) atoms. The van der Waals surface area contributed by atoms with E-state index in [1.54, 1.807) is 14.2 Å². The summed E-state index contributed by atoms with van der Waals surface area (Å²) in [7, 11) is 7.37. The number of imidazole rings is 1. The molecule has 0 saturated carbocycles. The first-order valence-electron chi connectivity index (χ1n) is 12.3. The summed E-state index contributed by atoms with van der Waals surface area (Å²) in [6, 6.07) is 19.9. The van der Waals surface area contributed by atoms with Crippen LogP contribution in [0.25, 0.3) is 5.65 Å². The molecule has 0 radical (unpaired) electrons. The first kappa shape index (κ1) is 26.0. The molecule has 0 aliphatic rings.